The Hall–Kier alpha value is -1.13. The molecule has 1 aromatic carbocycles. The number of rotatable bonds is 5. The number of benzene rings is 1. The molecule has 0 bridgehead atoms. The predicted molar refractivity (Wildman–Crippen MR) is 64.3 cm³/mol. The standard InChI is InChI=1S/C11H15FN2O.ClH/c1-13-5-6-14-11(15)8-9-3-2-4-10(12)7-9;/h2-4,7,13H,5-6,8H2,1H3,(H,14,15);1H. The third-order valence-electron chi connectivity index (χ3n) is 1.95. The Bertz CT molecular complexity index is 334. The summed E-state index contributed by atoms with van der Waals surface area (Å²) in [6.45, 7) is 1.32. The smallest absolute Gasteiger partial charge is 0.224 e. The largest absolute Gasteiger partial charge is 0.355 e. The second-order valence-electron chi connectivity index (χ2n) is 3.26. The van der Waals surface area contributed by atoms with E-state index in [0.717, 1.165) is 6.54 Å². The lowest BCUT2D eigenvalue weighted by Gasteiger charge is -2.04. The molecule has 1 aromatic rings. The minimum absolute atomic E-state index is 0. The maximum atomic E-state index is 12.8. The number of carbonyl (C=O) groups is 1. The monoisotopic (exact) mass is 246 g/mol. The van der Waals surface area contributed by atoms with Crippen LogP contribution in [0.4, 0.5) is 4.39 Å². The summed E-state index contributed by atoms with van der Waals surface area (Å²) >= 11 is 0. The molecular weight excluding hydrogens is 231 g/mol. The molecule has 0 spiro atoms. The minimum atomic E-state index is -0.310. The van der Waals surface area contributed by atoms with Gasteiger partial charge in [0.15, 0.2) is 0 Å². The lowest BCUT2D eigenvalue weighted by atomic mass is 10.1. The van der Waals surface area contributed by atoms with E-state index in [1.54, 1.807) is 12.1 Å². The molecule has 0 radical (unpaired) electrons. The number of likely N-dealkylation sites (N-methyl/N-ethyl adjacent to an activating group) is 1. The van der Waals surface area contributed by atoms with Crippen LogP contribution in [0.5, 0.6) is 0 Å². The fraction of sp³-hybridized carbons (Fsp3) is 0.364. The molecule has 0 fully saturated rings. The molecule has 2 N–H and O–H groups in total. The van der Waals surface area contributed by atoms with Crippen LogP contribution < -0.4 is 10.6 Å². The van der Waals surface area contributed by atoms with Crippen LogP contribution in [-0.4, -0.2) is 26.0 Å². The second kappa shape index (κ2) is 8.07. The van der Waals surface area contributed by atoms with Gasteiger partial charge in [-0.2, -0.15) is 0 Å². The number of hydrogen-bond donors (Lipinski definition) is 2. The van der Waals surface area contributed by atoms with Crippen molar-refractivity contribution in [3.63, 3.8) is 0 Å². The van der Waals surface area contributed by atoms with Crippen molar-refractivity contribution in [2.24, 2.45) is 0 Å². The molecule has 0 unspecified atom stereocenters. The van der Waals surface area contributed by atoms with E-state index < -0.39 is 0 Å². The van der Waals surface area contributed by atoms with Crippen molar-refractivity contribution in [3.05, 3.63) is 35.6 Å². The average molecular weight is 247 g/mol. The van der Waals surface area contributed by atoms with Gasteiger partial charge in [-0.15, -0.1) is 12.4 Å². The van der Waals surface area contributed by atoms with Gasteiger partial charge >= 0.3 is 0 Å². The molecule has 16 heavy (non-hydrogen) atoms. The second-order valence-corrected chi connectivity index (χ2v) is 3.26. The summed E-state index contributed by atoms with van der Waals surface area (Å²) < 4.78 is 12.8. The molecule has 0 heterocycles. The van der Waals surface area contributed by atoms with Crippen molar-refractivity contribution in [3.8, 4) is 0 Å². The molecule has 0 aliphatic rings. The van der Waals surface area contributed by atoms with E-state index in [-0.39, 0.29) is 30.6 Å². The molecule has 0 atom stereocenters. The minimum Gasteiger partial charge on any atom is -0.355 e. The molecule has 0 saturated carbocycles. The predicted octanol–water partition coefficient (Wildman–Crippen LogP) is 1.13. The topological polar surface area (TPSA) is 41.1 Å². The Morgan fingerprint density at radius 1 is 1.38 bits per heavy atom. The number of hydrogen-bond acceptors (Lipinski definition) is 2. The Balaban J connectivity index is 0.00000225. The van der Waals surface area contributed by atoms with Crippen molar-refractivity contribution in [2.75, 3.05) is 20.1 Å². The van der Waals surface area contributed by atoms with Gasteiger partial charge in [-0.1, -0.05) is 12.1 Å². The van der Waals surface area contributed by atoms with Crippen molar-refractivity contribution >= 4 is 18.3 Å². The first kappa shape index (κ1) is 14.9. The molecule has 3 nitrogen and oxygen atoms in total. The Kier molecular flexibility index (Phi) is 7.50. The Morgan fingerprint density at radius 3 is 2.75 bits per heavy atom. The molecule has 0 aromatic heterocycles. The van der Waals surface area contributed by atoms with Gasteiger partial charge in [0, 0.05) is 13.1 Å². The zero-order valence-corrected chi connectivity index (χ0v) is 9.94. The summed E-state index contributed by atoms with van der Waals surface area (Å²) in [6, 6.07) is 6.08. The van der Waals surface area contributed by atoms with Gasteiger partial charge in [0.1, 0.15) is 5.82 Å². The Morgan fingerprint density at radius 2 is 2.12 bits per heavy atom. The van der Waals surface area contributed by atoms with Gasteiger partial charge in [-0.25, -0.2) is 4.39 Å². The highest BCUT2D eigenvalue weighted by molar-refractivity contribution is 5.85. The van der Waals surface area contributed by atoms with Gasteiger partial charge in [-0.05, 0) is 24.7 Å². The third kappa shape index (κ3) is 5.68. The molecule has 90 valence electrons. The van der Waals surface area contributed by atoms with E-state index >= 15 is 0 Å². The van der Waals surface area contributed by atoms with E-state index in [1.165, 1.54) is 12.1 Å². The number of nitrogens with one attached hydrogen (secondary N) is 2. The molecule has 1 amide bonds. The lowest BCUT2D eigenvalue weighted by molar-refractivity contribution is -0.120. The molecule has 1 rings (SSSR count). The summed E-state index contributed by atoms with van der Waals surface area (Å²) in [5.41, 5.74) is 0.692. The molecule has 5 heteroatoms. The van der Waals surface area contributed by atoms with Crippen LogP contribution in [0.15, 0.2) is 24.3 Å². The number of carbonyl (C=O) groups excluding carboxylic acids is 1. The van der Waals surface area contributed by atoms with Crippen molar-refractivity contribution in [1.29, 1.82) is 0 Å². The molecular formula is C11H16ClFN2O. The zero-order chi connectivity index (χ0) is 11.1. The van der Waals surface area contributed by atoms with E-state index in [2.05, 4.69) is 10.6 Å². The van der Waals surface area contributed by atoms with Crippen LogP contribution in [0, 0.1) is 5.82 Å². The Labute approximate surface area is 101 Å². The van der Waals surface area contributed by atoms with E-state index in [0.29, 0.717) is 12.1 Å². The van der Waals surface area contributed by atoms with Crippen LogP contribution in [0.25, 0.3) is 0 Å². The quantitative estimate of drug-likeness (QED) is 0.765. The van der Waals surface area contributed by atoms with E-state index in [4.69, 9.17) is 0 Å². The normalized spacial score (nSPS) is 9.38. The summed E-state index contributed by atoms with van der Waals surface area (Å²) in [6.07, 6.45) is 0.224. The van der Waals surface area contributed by atoms with Crippen LogP contribution in [0.2, 0.25) is 0 Å². The van der Waals surface area contributed by atoms with Crippen LogP contribution >= 0.6 is 12.4 Å². The zero-order valence-electron chi connectivity index (χ0n) is 9.13. The van der Waals surface area contributed by atoms with Crippen molar-refractivity contribution < 1.29 is 9.18 Å². The maximum Gasteiger partial charge on any atom is 0.224 e. The highest BCUT2D eigenvalue weighted by Gasteiger charge is 2.02. The average Bonchev–Trinajstić information content (AvgIpc) is 2.18. The van der Waals surface area contributed by atoms with Crippen LogP contribution in [-0.2, 0) is 11.2 Å². The first-order valence-corrected chi connectivity index (χ1v) is 4.88. The highest BCUT2D eigenvalue weighted by atomic mass is 35.5. The van der Waals surface area contributed by atoms with Crippen molar-refractivity contribution in [1.82, 2.24) is 10.6 Å². The molecule has 0 saturated heterocycles. The summed E-state index contributed by atoms with van der Waals surface area (Å²) in [5.74, 6) is -0.397. The maximum absolute atomic E-state index is 12.8. The van der Waals surface area contributed by atoms with Crippen molar-refractivity contribution in [2.45, 2.75) is 6.42 Å². The van der Waals surface area contributed by atoms with Gasteiger partial charge < -0.3 is 10.6 Å². The van der Waals surface area contributed by atoms with Crippen LogP contribution in [0.1, 0.15) is 5.56 Å². The third-order valence-corrected chi connectivity index (χ3v) is 1.95. The summed E-state index contributed by atoms with van der Waals surface area (Å²) in [5, 5.41) is 5.65. The molecule has 0 aliphatic heterocycles. The SMILES string of the molecule is CNCCNC(=O)Cc1cccc(F)c1.Cl. The van der Waals surface area contributed by atoms with Gasteiger partial charge in [0.25, 0.3) is 0 Å². The number of halogens is 2. The van der Waals surface area contributed by atoms with Gasteiger partial charge in [-0.3, -0.25) is 4.79 Å². The first-order chi connectivity index (χ1) is 7.22. The summed E-state index contributed by atoms with van der Waals surface area (Å²) in [7, 11) is 1.82. The van der Waals surface area contributed by atoms with Gasteiger partial charge in [0.05, 0.1) is 6.42 Å². The van der Waals surface area contributed by atoms with Crippen LogP contribution in [0.3, 0.4) is 0 Å². The summed E-state index contributed by atoms with van der Waals surface area (Å²) in [4.78, 5) is 11.3. The highest BCUT2D eigenvalue weighted by Crippen LogP contribution is 2.03. The van der Waals surface area contributed by atoms with E-state index in [1.807, 2.05) is 7.05 Å². The van der Waals surface area contributed by atoms with Gasteiger partial charge in [0.2, 0.25) is 5.91 Å². The van der Waals surface area contributed by atoms with E-state index in [9.17, 15) is 9.18 Å². The lowest BCUT2D eigenvalue weighted by Crippen LogP contribution is -2.31. The first-order valence-electron chi connectivity index (χ1n) is 4.88. The number of amides is 1. The molecule has 0 aliphatic carbocycles. The fourth-order valence-corrected chi connectivity index (χ4v) is 1.22. The fourth-order valence-electron chi connectivity index (χ4n) is 1.22.